The molecule has 4 rings (SSSR count). The van der Waals surface area contributed by atoms with Crippen molar-refractivity contribution in [2.75, 3.05) is 19.7 Å². The highest BCUT2D eigenvalue weighted by Gasteiger charge is 2.34. The number of hydroxylamine groups is 2. The molecular formula is C22H29N3O4S. The number of hydrogen-bond acceptors (Lipinski definition) is 7. The zero-order valence-electron chi connectivity index (χ0n) is 18.0. The van der Waals surface area contributed by atoms with Gasteiger partial charge in [-0.15, -0.1) is 11.8 Å². The maximum atomic E-state index is 12.6. The van der Waals surface area contributed by atoms with Crippen molar-refractivity contribution >= 4 is 17.7 Å². The van der Waals surface area contributed by atoms with Crippen molar-refractivity contribution in [3.63, 3.8) is 0 Å². The van der Waals surface area contributed by atoms with E-state index in [1.807, 2.05) is 36.6 Å². The largest absolute Gasteiger partial charge is 0.508 e. The highest BCUT2D eigenvalue weighted by molar-refractivity contribution is 7.98. The Morgan fingerprint density at radius 2 is 2.17 bits per heavy atom. The minimum atomic E-state index is -0.381. The van der Waals surface area contributed by atoms with E-state index >= 15 is 0 Å². The molecule has 2 aliphatic rings. The Hall–Kier alpha value is -2.03. The molecule has 1 saturated heterocycles. The molecule has 0 aliphatic carbocycles. The smallest absolute Gasteiger partial charge is 0.359 e. The molecule has 0 radical (unpaired) electrons. The third kappa shape index (κ3) is 4.22. The van der Waals surface area contributed by atoms with Gasteiger partial charge in [-0.1, -0.05) is 0 Å². The second-order valence-electron chi connectivity index (χ2n) is 8.70. The van der Waals surface area contributed by atoms with Crippen LogP contribution in [0.1, 0.15) is 62.6 Å². The number of aromatic nitrogens is 2. The molecule has 0 spiro atoms. The Morgan fingerprint density at radius 3 is 2.90 bits per heavy atom. The lowest BCUT2D eigenvalue weighted by Crippen LogP contribution is -2.41. The summed E-state index contributed by atoms with van der Waals surface area (Å²) in [6.07, 6.45) is 1.95. The summed E-state index contributed by atoms with van der Waals surface area (Å²) in [5.74, 6) is 0.479. The maximum absolute atomic E-state index is 12.6. The molecule has 2 aliphatic heterocycles. The van der Waals surface area contributed by atoms with E-state index in [9.17, 15) is 9.90 Å². The van der Waals surface area contributed by atoms with Gasteiger partial charge < -0.3 is 9.84 Å². The van der Waals surface area contributed by atoms with E-state index in [0.29, 0.717) is 24.6 Å². The molecule has 162 valence electrons. The first-order valence-corrected chi connectivity index (χ1v) is 11.4. The number of phenolic OH excluding ortho intramolecular Hbond substituents is 1. The van der Waals surface area contributed by atoms with Crippen LogP contribution < -0.4 is 0 Å². The van der Waals surface area contributed by atoms with Crippen molar-refractivity contribution in [3.8, 4) is 17.0 Å². The number of aromatic hydroxyl groups is 1. The first-order valence-electron chi connectivity index (χ1n) is 10.5. The second-order valence-corrected chi connectivity index (χ2v) is 9.71. The van der Waals surface area contributed by atoms with Crippen molar-refractivity contribution in [1.82, 2.24) is 14.8 Å². The normalized spacial score (nSPS) is 19.3. The number of rotatable bonds is 4. The summed E-state index contributed by atoms with van der Waals surface area (Å²) < 4.78 is 7.29. The van der Waals surface area contributed by atoms with Crippen molar-refractivity contribution in [2.24, 2.45) is 0 Å². The summed E-state index contributed by atoms with van der Waals surface area (Å²) in [5.41, 5.74) is 2.99. The van der Waals surface area contributed by atoms with Gasteiger partial charge in [-0.3, -0.25) is 9.52 Å². The summed E-state index contributed by atoms with van der Waals surface area (Å²) in [6, 6.07) is 5.46. The van der Waals surface area contributed by atoms with Gasteiger partial charge in [0.25, 0.3) is 0 Å². The lowest BCUT2D eigenvalue weighted by molar-refractivity contribution is -0.240. The zero-order valence-corrected chi connectivity index (χ0v) is 18.8. The van der Waals surface area contributed by atoms with Gasteiger partial charge in [-0.2, -0.15) is 10.2 Å². The van der Waals surface area contributed by atoms with Gasteiger partial charge in [0, 0.05) is 34.9 Å². The van der Waals surface area contributed by atoms with Crippen LogP contribution in [-0.2, 0) is 15.3 Å². The molecule has 1 unspecified atom stereocenters. The summed E-state index contributed by atoms with van der Waals surface area (Å²) in [6.45, 7) is 9.84. The molecule has 1 aromatic heterocycles. The fourth-order valence-electron chi connectivity index (χ4n) is 4.09. The molecule has 30 heavy (non-hydrogen) atoms. The highest BCUT2D eigenvalue weighted by atomic mass is 32.2. The number of fused-ring (bicyclic) bond motifs is 3. The first kappa shape index (κ1) is 21.2. The number of thioether (sulfide) groups is 1. The molecule has 0 bridgehead atoms. The fourth-order valence-corrected chi connectivity index (χ4v) is 5.18. The summed E-state index contributed by atoms with van der Waals surface area (Å²) in [4.78, 5) is 19.8. The first-order chi connectivity index (χ1) is 14.3. The highest BCUT2D eigenvalue weighted by Crippen LogP contribution is 2.45. The number of hydrogen-bond donors (Lipinski definition) is 1. The molecule has 8 heteroatoms. The molecule has 1 aromatic carbocycles. The minimum Gasteiger partial charge on any atom is -0.508 e. The molecule has 0 saturated carbocycles. The quantitative estimate of drug-likeness (QED) is 0.719. The van der Waals surface area contributed by atoms with Gasteiger partial charge in [0.1, 0.15) is 5.75 Å². The van der Waals surface area contributed by atoms with Crippen LogP contribution in [0, 0.1) is 0 Å². The van der Waals surface area contributed by atoms with E-state index in [0.717, 1.165) is 41.1 Å². The molecule has 1 atom stereocenters. The molecule has 0 amide bonds. The minimum absolute atomic E-state index is 0.0859. The van der Waals surface area contributed by atoms with Crippen LogP contribution in [0.4, 0.5) is 0 Å². The predicted molar refractivity (Wildman–Crippen MR) is 116 cm³/mol. The van der Waals surface area contributed by atoms with Gasteiger partial charge in [0.15, 0.2) is 5.69 Å². The van der Waals surface area contributed by atoms with Crippen molar-refractivity contribution in [2.45, 2.75) is 62.8 Å². The van der Waals surface area contributed by atoms with E-state index in [1.165, 1.54) is 0 Å². The van der Waals surface area contributed by atoms with Crippen LogP contribution in [0.3, 0.4) is 0 Å². The van der Waals surface area contributed by atoms with Gasteiger partial charge in [-0.25, -0.2) is 4.79 Å². The Balaban J connectivity index is 1.76. The number of carbonyl (C=O) groups is 1. The number of carbonyl (C=O) groups excluding carboxylic acids is 1. The van der Waals surface area contributed by atoms with E-state index < -0.39 is 0 Å². The lowest BCUT2D eigenvalue weighted by atomic mass is 10.0. The topological polar surface area (TPSA) is 76.8 Å². The third-order valence-electron chi connectivity index (χ3n) is 5.18. The number of benzene rings is 1. The average molecular weight is 432 g/mol. The summed E-state index contributed by atoms with van der Waals surface area (Å²) in [5, 5.41) is 16.7. The van der Waals surface area contributed by atoms with Crippen LogP contribution in [0.2, 0.25) is 0 Å². The van der Waals surface area contributed by atoms with Crippen molar-refractivity contribution < 1.29 is 19.5 Å². The molecule has 1 fully saturated rings. The molecule has 7 nitrogen and oxygen atoms in total. The number of ether oxygens (including phenoxy) is 1. The Bertz CT molecular complexity index is 951. The van der Waals surface area contributed by atoms with Gasteiger partial charge in [-0.05, 0) is 58.7 Å². The van der Waals surface area contributed by atoms with E-state index in [2.05, 4.69) is 0 Å². The Morgan fingerprint density at radius 1 is 1.37 bits per heavy atom. The molecule has 3 heterocycles. The van der Waals surface area contributed by atoms with Gasteiger partial charge >= 0.3 is 5.97 Å². The van der Waals surface area contributed by atoms with E-state index in [4.69, 9.17) is 14.7 Å². The van der Waals surface area contributed by atoms with Crippen molar-refractivity contribution in [3.05, 3.63) is 29.5 Å². The second kappa shape index (κ2) is 8.24. The zero-order chi connectivity index (χ0) is 21.5. The fraction of sp³-hybridized carbons (Fsp3) is 0.545. The van der Waals surface area contributed by atoms with Crippen LogP contribution in [0.25, 0.3) is 11.3 Å². The van der Waals surface area contributed by atoms with E-state index in [-0.39, 0.29) is 23.4 Å². The number of piperidine rings is 1. The van der Waals surface area contributed by atoms with Crippen LogP contribution in [-0.4, -0.2) is 51.2 Å². The summed E-state index contributed by atoms with van der Waals surface area (Å²) in [7, 11) is 0. The SMILES string of the molecule is CCOC(=O)c1nn(C2CCCN(OC(C)(C)C)C2)c2c1CSc1cc(O)ccc1-2. The number of nitrogens with zero attached hydrogens (tertiary/aromatic N) is 3. The molecule has 1 N–H and O–H groups in total. The van der Waals surface area contributed by atoms with Gasteiger partial charge in [0.05, 0.1) is 23.9 Å². The number of phenols is 1. The van der Waals surface area contributed by atoms with Crippen LogP contribution in [0.5, 0.6) is 5.75 Å². The molecule has 2 aromatic rings. The van der Waals surface area contributed by atoms with E-state index in [1.54, 1.807) is 30.8 Å². The summed E-state index contributed by atoms with van der Waals surface area (Å²) >= 11 is 1.61. The van der Waals surface area contributed by atoms with Crippen LogP contribution in [0.15, 0.2) is 23.1 Å². The third-order valence-corrected chi connectivity index (χ3v) is 6.26. The predicted octanol–water partition coefficient (Wildman–Crippen LogP) is 4.41. The lowest BCUT2D eigenvalue weighted by Gasteiger charge is -2.37. The average Bonchev–Trinajstić information content (AvgIpc) is 3.07. The molecular weight excluding hydrogens is 402 g/mol. The van der Waals surface area contributed by atoms with Crippen molar-refractivity contribution in [1.29, 1.82) is 0 Å². The monoisotopic (exact) mass is 431 g/mol. The standard InChI is InChI=1S/C22H29N3O4S/c1-5-28-21(27)19-17-13-30-18-11-15(26)8-9-16(18)20(17)25(23-19)14-7-6-10-24(12-14)29-22(2,3)4/h8-9,11,14,26H,5-7,10,12-13H2,1-4H3. The Kier molecular flexibility index (Phi) is 5.83. The van der Waals surface area contributed by atoms with Gasteiger partial charge in [0.2, 0.25) is 0 Å². The van der Waals surface area contributed by atoms with Crippen LogP contribution >= 0.6 is 11.8 Å². The maximum Gasteiger partial charge on any atom is 0.359 e. The Labute approximate surface area is 181 Å². The number of esters is 1.